The summed E-state index contributed by atoms with van der Waals surface area (Å²) in [5, 5.41) is 3.28. The van der Waals surface area contributed by atoms with E-state index in [9.17, 15) is 4.79 Å². The third-order valence-corrected chi connectivity index (χ3v) is 3.14. The van der Waals surface area contributed by atoms with Crippen LogP contribution in [-0.4, -0.2) is 37.9 Å². The van der Waals surface area contributed by atoms with Gasteiger partial charge in [0.2, 0.25) is 0 Å². The highest BCUT2D eigenvalue weighted by molar-refractivity contribution is 5.69. The molecule has 1 N–H and O–H groups in total. The summed E-state index contributed by atoms with van der Waals surface area (Å²) in [5.74, 6) is 1.07. The van der Waals surface area contributed by atoms with Crippen LogP contribution in [0, 0.1) is 0 Å². The molecule has 5 heteroatoms. The van der Waals surface area contributed by atoms with E-state index in [4.69, 9.17) is 14.2 Å². The molecule has 1 aromatic rings. The molecule has 0 heterocycles. The first-order valence-corrected chi connectivity index (χ1v) is 8.45. The molecule has 24 heavy (non-hydrogen) atoms. The maximum atomic E-state index is 11.8. The van der Waals surface area contributed by atoms with Crippen LogP contribution in [0.2, 0.25) is 0 Å². The third-order valence-electron chi connectivity index (χ3n) is 3.14. The van der Waals surface area contributed by atoms with E-state index in [1.165, 1.54) is 0 Å². The summed E-state index contributed by atoms with van der Waals surface area (Å²) in [6.07, 6.45) is 2.51. The molecule has 1 rings (SSSR count). The quantitative estimate of drug-likeness (QED) is 0.469. The molecule has 5 nitrogen and oxygen atoms in total. The van der Waals surface area contributed by atoms with Gasteiger partial charge in [-0.2, -0.15) is 0 Å². The number of hydrogen-bond acceptors (Lipinski definition) is 5. The minimum atomic E-state index is -0.348. The van der Waals surface area contributed by atoms with Crippen LogP contribution in [0.3, 0.4) is 0 Å². The number of rotatable bonds is 12. The molecule has 1 aromatic carbocycles. The summed E-state index contributed by atoms with van der Waals surface area (Å²) < 4.78 is 16.9. The number of esters is 1. The van der Waals surface area contributed by atoms with Gasteiger partial charge in [-0.15, -0.1) is 0 Å². The number of para-hydroxylation sites is 2. The SMILES string of the molecule is C=CCOc1ccccc1OCC(CNC(C)C)OC(=O)CCC. The van der Waals surface area contributed by atoms with Gasteiger partial charge in [0.15, 0.2) is 11.5 Å². The van der Waals surface area contributed by atoms with Crippen molar-refractivity contribution >= 4 is 5.97 Å². The standard InChI is InChI=1S/C19H29NO4/c1-5-9-19(21)24-16(13-20-15(3)4)14-23-18-11-8-7-10-17(18)22-12-6-2/h6-8,10-11,15-16,20H,2,5,9,12-14H2,1,3-4H3. The second kappa shape index (κ2) is 11.5. The predicted molar refractivity (Wildman–Crippen MR) is 95.6 cm³/mol. The Morgan fingerprint density at radius 2 is 1.92 bits per heavy atom. The van der Waals surface area contributed by atoms with E-state index in [-0.39, 0.29) is 18.7 Å². The number of carbonyl (C=O) groups excluding carboxylic acids is 1. The molecule has 0 aliphatic rings. The first-order valence-electron chi connectivity index (χ1n) is 8.45. The van der Waals surface area contributed by atoms with E-state index >= 15 is 0 Å². The lowest BCUT2D eigenvalue weighted by Gasteiger charge is -2.21. The van der Waals surface area contributed by atoms with Gasteiger partial charge in [0.05, 0.1) is 0 Å². The Morgan fingerprint density at radius 1 is 1.25 bits per heavy atom. The highest BCUT2D eigenvalue weighted by Gasteiger charge is 2.16. The molecule has 1 atom stereocenters. The van der Waals surface area contributed by atoms with Crippen molar-refractivity contribution in [3.8, 4) is 11.5 Å². The summed E-state index contributed by atoms with van der Waals surface area (Å²) in [6.45, 7) is 10.9. The smallest absolute Gasteiger partial charge is 0.306 e. The molecule has 1 unspecified atom stereocenters. The lowest BCUT2D eigenvalue weighted by Crippen LogP contribution is -2.38. The van der Waals surface area contributed by atoms with Gasteiger partial charge in [-0.1, -0.05) is 45.6 Å². The zero-order valence-corrected chi connectivity index (χ0v) is 14.9. The molecular formula is C19H29NO4. The minimum absolute atomic E-state index is 0.201. The molecule has 0 aliphatic carbocycles. The average molecular weight is 335 g/mol. The Labute approximate surface area is 145 Å². The molecule has 0 spiro atoms. The lowest BCUT2D eigenvalue weighted by molar-refractivity contribution is -0.150. The second-order valence-corrected chi connectivity index (χ2v) is 5.78. The maximum Gasteiger partial charge on any atom is 0.306 e. The highest BCUT2D eigenvalue weighted by Crippen LogP contribution is 2.26. The molecule has 0 radical (unpaired) electrons. The topological polar surface area (TPSA) is 56.8 Å². The zero-order chi connectivity index (χ0) is 17.8. The first-order chi connectivity index (χ1) is 11.6. The third kappa shape index (κ3) is 8.02. The van der Waals surface area contributed by atoms with Crippen molar-refractivity contribution in [1.82, 2.24) is 5.32 Å². The van der Waals surface area contributed by atoms with Gasteiger partial charge < -0.3 is 19.5 Å². The number of ether oxygens (including phenoxy) is 3. The fourth-order valence-corrected chi connectivity index (χ4v) is 1.97. The van der Waals surface area contributed by atoms with Crippen molar-refractivity contribution in [1.29, 1.82) is 0 Å². The largest absolute Gasteiger partial charge is 0.486 e. The van der Waals surface area contributed by atoms with E-state index in [1.54, 1.807) is 6.08 Å². The Kier molecular flexibility index (Phi) is 9.61. The number of hydrogen-bond donors (Lipinski definition) is 1. The molecule has 0 aromatic heterocycles. The highest BCUT2D eigenvalue weighted by atomic mass is 16.6. The Morgan fingerprint density at radius 3 is 2.50 bits per heavy atom. The molecule has 0 aliphatic heterocycles. The van der Waals surface area contributed by atoms with Gasteiger partial charge in [0.25, 0.3) is 0 Å². The Balaban J connectivity index is 2.65. The van der Waals surface area contributed by atoms with Crippen molar-refractivity contribution in [3.63, 3.8) is 0 Å². The van der Waals surface area contributed by atoms with Crippen LogP contribution < -0.4 is 14.8 Å². The van der Waals surface area contributed by atoms with E-state index in [0.717, 1.165) is 6.42 Å². The van der Waals surface area contributed by atoms with Crippen LogP contribution in [0.15, 0.2) is 36.9 Å². The predicted octanol–water partition coefficient (Wildman–Crippen LogP) is 3.34. The van der Waals surface area contributed by atoms with Crippen molar-refractivity contribution in [2.24, 2.45) is 0 Å². The van der Waals surface area contributed by atoms with Crippen LogP contribution in [0.25, 0.3) is 0 Å². The van der Waals surface area contributed by atoms with Gasteiger partial charge in [-0.25, -0.2) is 0 Å². The number of carbonyl (C=O) groups is 1. The molecular weight excluding hydrogens is 306 g/mol. The summed E-state index contributed by atoms with van der Waals surface area (Å²) in [4.78, 5) is 11.8. The van der Waals surface area contributed by atoms with Crippen molar-refractivity contribution in [2.75, 3.05) is 19.8 Å². The van der Waals surface area contributed by atoms with E-state index in [2.05, 4.69) is 11.9 Å². The Hall–Kier alpha value is -2.01. The summed E-state index contributed by atoms with van der Waals surface area (Å²) >= 11 is 0. The summed E-state index contributed by atoms with van der Waals surface area (Å²) in [7, 11) is 0. The summed E-state index contributed by atoms with van der Waals surface area (Å²) in [5.41, 5.74) is 0. The van der Waals surface area contributed by atoms with Gasteiger partial charge >= 0.3 is 5.97 Å². The van der Waals surface area contributed by atoms with Crippen molar-refractivity contribution in [2.45, 2.75) is 45.8 Å². The molecule has 0 saturated carbocycles. The lowest BCUT2D eigenvalue weighted by atomic mass is 10.3. The van der Waals surface area contributed by atoms with Crippen LogP contribution in [0.4, 0.5) is 0 Å². The minimum Gasteiger partial charge on any atom is -0.486 e. The van der Waals surface area contributed by atoms with Gasteiger partial charge in [-0.3, -0.25) is 4.79 Å². The number of benzene rings is 1. The molecule has 134 valence electrons. The van der Waals surface area contributed by atoms with Gasteiger partial charge in [-0.05, 0) is 18.6 Å². The normalized spacial score (nSPS) is 11.8. The fraction of sp³-hybridized carbons (Fsp3) is 0.526. The van der Waals surface area contributed by atoms with Crippen molar-refractivity contribution in [3.05, 3.63) is 36.9 Å². The van der Waals surface area contributed by atoms with Crippen LogP contribution in [0.1, 0.15) is 33.6 Å². The first kappa shape index (κ1) is 20.0. The number of nitrogens with one attached hydrogen (secondary N) is 1. The Bertz CT molecular complexity index is 502. The van der Waals surface area contributed by atoms with E-state index in [0.29, 0.717) is 37.1 Å². The van der Waals surface area contributed by atoms with E-state index < -0.39 is 0 Å². The van der Waals surface area contributed by atoms with Crippen molar-refractivity contribution < 1.29 is 19.0 Å². The van der Waals surface area contributed by atoms with Crippen LogP contribution in [0.5, 0.6) is 11.5 Å². The molecule has 0 bridgehead atoms. The molecule has 0 amide bonds. The molecule has 0 saturated heterocycles. The second-order valence-electron chi connectivity index (χ2n) is 5.78. The average Bonchev–Trinajstić information content (AvgIpc) is 2.56. The van der Waals surface area contributed by atoms with Crippen LogP contribution in [-0.2, 0) is 9.53 Å². The monoisotopic (exact) mass is 335 g/mol. The van der Waals surface area contributed by atoms with Crippen LogP contribution >= 0.6 is 0 Å². The van der Waals surface area contributed by atoms with Gasteiger partial charge in [0.1, 0.15) is 19.3 Å². The molecule has 0 fully saturated rings. The fourth-order valence-electron chi connectivity index (χ4n) is 1.97. The zero-order valence-electron chi connectivity index (χ0n) is 14.9. The van der Waals surface area contributed by atoms with E-state index in [1.807, 2.05) is 45.0 Å². The van der Waals surface area contributed by atoms with Gasteiger partial charge in [0, 0.05) is 19.0 Å². The maximum absolute atomic E-state index is 11.8. The summed E-state index contributed by atoms with van der Waals surface area (Å²) in [6, 6.07) is 7.73.